The Bertz CT molecular complexity index is 687. The van der Waals surface area contributed by atoms with E-state index < -0.39 is 17.5 Å². The number of carbonyl (C=O) groups is 1. The molecule has 4 nitrogen and oxygen atoms in total. The summed E-state index contributed by atoms with van der Waals surface area (Å²) in [7, 11) is 1.47. The molecular weight excluding hydrogens is 323 g/mol. The van der Waals surface area contributed by atoms with Gasteiger partial charge in [0.2, 0.25) is 0 Å². The van der Waals surface area contributed by atoms with E-state index in [-0.39, 0.29) is 27.1 Å². The van der Waals surface area contributed by atoms with Crippen LogP contribution in [0.2, 0.25) is 10.0 Å². The topological polar surface area (TPSA) is 54.0 Å². The quantitative estimate of drug-likeness (QED) is 0.895. The van der Waals surface area contributed by atoms with Crippen LogP contribution in [0.25, 0.3) is 0 Å². The molecule has 2 N–H and O–H groups in total. The van der Waals surface area contributed by atoms with Crippen molar-refractivity contribution < 1.29 is 13.6 Å². The zero-order chi connectivity index (χ0) is 15.6. The molecule has 8 heteroatoms. The molecule has 0 radical (unpaired) electrons. The van der Waals surface area contributed by atoms with Crippen molar-refractivity contribution in [3.63, 3.8) is 0 Å². The number of pyridine rings is 1. The molecule has 1 amide bonds. The van der Waals surface area contributed by atoms with Crippen molar-refractivity contribution in [2.24, 2.45) is 0 Å². The SMILES string of the molecule is CNc1nccc(C(=O)Nc2c(Cl)cc(F)cc2Cl)c1F. The van der Waals surface area contributed by atoms with Gasteiger partial charge in [-0.25, -0.2) is 13.8 Å². The number of hydrogen-bond donors (Lipinski definition) is 2. The molecule has 2 rings (SSSR count). The second-order valence-electron chi connectivity index (χ2n) is 3.97. The number of amides is 1. The van der Waals surface area contributed by atoms with Gasteiger partial charge in [0.25, 0.3) is 5.91 Å². The lowest BCUT2D eigenvalue weighted by Crippen LogP contribution is -2.16. The molecule has 0 aliphatic rings. The maximum absolute atomic E-state index is 14.0. The van der Waals surface area contributed by atoms with E-state index >= 15 is 0 Å². The van der Waals surface area contributed by atoms with E-state index in [2.05, 4.69) is 15.6 Å². The van der Waals surface area contributed by atoms with Gasteiger partial charge in [-0.1, -0.05) is 23.2 Å². The molecule has 21 heavy (non-hydrogen) atoms. The fraction of sp³-hybridized carbons (Fsp3) is 0.0769. The molecule has 0 saturated heterocycles. The molecule has 0 spiro atoms. The first kappa shape index (κ1) is 15.5. The molecule has 0 atom stereocenters. The standard InChI is InChI=1S/C13H9Cl2F2N3O/c1-18-12-10(17)7(2-3-19-12)13(21)20-11-8(14)4-6(16)5-9(11)15/h2-5H,1H3,(H,18,19)(H,20,21). The van der Waals surface area contributed by atoms with Crippen LogP contribution in [-0.2, 0) is 0 Å². The van der Waals surface area contributed by atoms with Crippen LogP contribution in [0.4, 0.5) is 20.3 Å². The molecule has 0 aliphatic carbocycles. The summed E-state index contributed by atoms with van der Waals surface area (Å²) in [5.41, 5.74) is -0.238. The highest BCUT2D eigenvalue weighted by molar-refractivity contribution is 6.40. The van der Waals surface area contributed by atoms with Gasteiger partial charge in [0.15, 0.2) is 11.6 Å². The van der Waals surface area contributed by atoms with Crippen LogP contribution in [0.1, 0.15) is 10.4 Å². The van der Waals surface area contributed by atoms with Crippen molar-refractivity contribution in [2.75, 3.05) is 17.7 Å². The van der Waals surface area contributed by atoms with Gasteiger partial charge in [0.05, 0.1) is 21.3 Å². The van der Waals surface area contributed by atoms with E-state index in [4.69, 9.17) is 23.2 Å². The van der Waals surface area contributed by atoms with Crippen molar-refractivity contribution in [1.29, 1.82) is 0 Å². The number of carbonyl (C=O) groups excluding carboxylic acids is 1. The van der Waals surface area contributed by atoms with E-state index in [1.54, 1.807) is 0 Å². The summed E-state index contributed by atoms with van der Waals surface area (Å²) in [5, 5.41) is 4.69. The average molecular weight is 332 g/mol. The van der Waals surface area contributed by atoms with E-state index in [1.165, 1.54) is 19.3 Å². The number of benzene rings is 1. The van der Waals surface area contributed by atoms with Crippen molar-refractivity contribution in [2.45, 2.75) is 0 Å². The zero-order valence-corrected chi connectivity index (χ0v) is 12.2. The fourth-order valence-electron chi connectivity index (χ4n) is 1.64. The summed E-state index contributed by atoms with van der Waals surface area (Å²) in [6.07, 6.45) is 1.28. The van der Waals surface area contributed by atoms with Gasteiger partial charge in [0, 0.05) is 13.2 Å². The molecular formula is C13H9Cl2F2N3O. The van der Waals surface area contributed by atoms with E-state index in [0.717, 1.165) is 12.1 Å². The predicted molar refractivity (Wildman–Crippen MR) is 78.1 cm³/mol. The van der Waals surface area contributed by atoms with Gasteiger partial charge in [-0.3, -0.25) is 4.79 Å². The first-order chi connectivity index (χ1) is 9.93. The Labute approximate surface area is 129 Å². The molecule has 0 bridgehead atoms. The molecule has 0 aliphatic heterocycles. The minimum atomic E-state index is -0.813. The Balaban J connectivity index is 2.35. The highest BCUT2D eigenvalue weighted by atomic mass is 35.5. The first-order valence-corrected chi connectivity index (χ1v) is 6.47. The zero-order valence-electron chi connectivity index (χ0n) is 10.7. The van der Waals surface area contributed by atoms with Gasteiger partial charge in [-0.15, -0.1) is 0 Å². The van der Waals surface area contributed by atoms with E-state index in [9.17, 15) is 13.6 Å². The number of halogens is 4. The molecule has 0 fully saturated rings. The van der Waals surface area contributed by atoms with E-state index in [0.29, 0.717) is 0 Å². The van der Waals surface area contributed by atoms with Crippen molar-refractivity contribution in [3.05, 3.63) is 51.6 Å². The molecule has 0 saturated carbocycles. The summed E-state index contributed by atoms with van der Waals surface area (Å²) in [5.74, 6) is -2.30. The first-order valence-electron chi connectivity index (χ1n) is 5.72. The molecule has 110 valence electrons. The lowest BCUT2D eigenvalue weighted by Gasteiger charge is -2.11. The normalized spacial score (nSPS) is 10.3. The second kappa shape index (κ2) is 6.24. The van der Waals surface area contributed by atoms with Crippen LogP contribution in [0.3, 0.4) is 0 Å². The fourth-order valence-corrected chi connectivity index (χ4v) is 2.19. The lowest BCUT2D eigenvalue weighted by atomic mass is 10.2. The van der Waals surface area contributed by atoms with E-state index in [1.807, 2.05) is 0 Å². The summed E-state index contributed by atoms with van der Waals surface area (Å²) in [6, 6.07) is 3.19. The molecule has 2 aromatic rings. The third-order valence-electron chi connectivity index (χ3n) is 2.62. The third-order valence-corrected chi connectivity index (χ3v) is 3.21. The van der Waals surface area contributed by atoms with Crippen molar-refractivity contribution in [3.8, 4) is 0 Å². The largest absolute Gasteiger partial charge is 0.371 e. The third kappa shape index (κ3) is 3.22. The lowest BCUT2D eigenvalue weighted by molar-refractivity contribution is 0.102. The number of hydrogen-bond acceptors (Lipinski definition) is 3. The maximum atomic E-state index is 14.0. The highest BCUT2D eigenvalue weighted by Crippen LogP contribution is 2.32. The monoisotopic (exact) mass is 331 g/mol. The van der Waals surface area contributed by atoms with Crippen LogP contribution in [-0.4, -0.2) is 17.9 Å². The number of nitrogens with zero attached hydrogens (tertiary/aromatic N) is 1. The summed E-state index contributed by atoms with van der Waals surface area (Å²) >= 11 is 11.6. The molecule has 0 unspecified atom stereocenters. The Morgan fingerprint density at radius 1 is 1.24 bits per heavy atom. The van der Waals surface area contributed by atoms with Crippen molar-refractivity contribution >= 4 is 40.6 Å². The number of nitrogens with one attached hydrogen (secondary N) is 2. The predicted octanol–water partition coefficient (Wildman–Crippen LogP) is 3.96. The van der Waals surface area contributed by atoms with Gasteiger partial charge < -0.3 is 10.6 Å². The average Bonchev–Trinajstić information content (AvgIpc) is 2.42. The number of rotatable bonds is 3. The number of anilines is 2. The smallest absolute Gasteiger partial charge is 0.258 e. The van der Waals surface area contributed by atoms with Gasteiger partial charge in [-0.2, -0.15) is 0 Å². The van der Waals surface area contributed by atoms with Crippen LogP contribution < -0.4 is 10.6 Å². The van der Waals surface area contributed by atoms with Crippen LogP contribution in [0.5, 0.6) is 0 Å². The van der Waals surface area contributed by atoms with Crippen LogP contribution in [0.15, 0.2) is 24.4 Å². The Morgan fingerprint density at radius 2 is 1.86 bits per heavy atom. The van der Waals surface area contributed by atoms with Gasteiger partial charge >= 0.3 is 0 Å². The Morgan fingerprint density at radius 3 is 2.43 bits per heavy atom. The van der Waals surface area contributed by atoms with Crippen LogP contribution >= 0.6 is 23.2 Å². The highest BCUT2D eigenvalue weighted by Gasteiger charge is 2.18. The minimum Gasteiger partial charge on any atom is -0.371 e. The van der Waals surface area contributed by atoms with Gasteiger partial charge in [-0.05, 0) is 18.2 Å². The Kier molecular flexibility index (Phi) is 4.59. The van der Waals surface area contributed by atoms with Crippen molar-refractivity contribution in [1.82, 2.24) is 4.98 Å². The summed E-state index contributed by atoms with van der Waals surface area (Å²) < 4.78 is 27.1. The maximum Gasteiger partial charge on any atom is 0.258 e. The van der Waals surface area contributed by atoms with Gasteiger partial charge in [0.1, 0.15) is 5.82 Å². The number of aromatic nitrogens is 1. The molecule has 1 heterocycles. The summed E-state index contributed by atoms with van der Waals surface area (Å²) in [4.78, 5) is 15.8. The minimum absolute atomic E-state index is 0.00644. The second-order valence-corrected chi connectivity index (χ2v) is 4.78. The summed E-state index contributed by atoms with van der Waals surface area (Å²) in [6.45, 7) is 0. The molecule has 1 aromatic heterocycles. The Hall–Kier alpha value is -1.92. The molecule has 1 aromatic carbocycles. The van der Waals surface area contributed by atoms with Crippen LogP contribution in [0, 0.1) is 11.6 Å².